The molecule has 1 saturated carbocycles. The van der Waals surface area contributed by atoms with Gasteiger partial charge in [-0.05, 0) is 37.8 Å². The third-order valence-corrected chi connectivity index (χ3v) is 4.84. The molecule has 130 valence electrons. The zero-order valence-electron chi connectivity index (χ0n) is 13.6. The number of hydrogen-bond donors (Lipinski definition) is 2. The van der Waals surface area contributed by atoms with Crippen molar-refractivity contribution in [2.24, 2.45) is 5.41 Å². The van der Waals surface area contributed by atoms with Crippen molar-refractivity contribution in [2.75, 3.05) is 18.5 Å². The Kier molecular flexibility index (Phi) is 5.04. The van der Waals surface area contributed by atoms with E-state index in [1.54, 1.807) is 18.2 Å². The fraction of sp³-hybridized carbons (Fsp3) is 0.556. The Labute approximate surface area is 141 Å². The van der Waals surface area contributed by atoms with Gasteiger partial charge in [0.25, 0.3) is 0 Å². The number of carboxylic acids is 1. The molecule has 2 aliphatic rings. The summed E-state index contributed by atoms with van der Waals surface area (Å²) in [7, 11) is 0. The van der Waals surface area contributed by atoms with Crippen molar-refractivity contribution in [3.8, 4) is 5.75 Å². The van der Waals surface area contributed by atoms with Crippen LogP contribution in [0.5, 0.6) is 5.75 Å². The second kappa shape index (κ2) is 7.21. The minimum atomic E-state index is -0.877. The number of ether oxygens (including phenoxy) is 2. The van der Waals surface area contributed by atoms with Crippen LogP contribution >= 0.6 is 0 Å². The molecular formula is C18H23NO5. The van der Waals surface area contributed by atoms with E-state index in [4.69, 9.17) is 9.47 Å². The average Bonchev–Trinajstić information content (AvgIpc) is 3.02. The first-order valence-electron chi connectivity index (χ1n) is 8.45. The topological polar surface area (TPSA) is 84.9 Å². The van der Waals surface area contributed by atoms with E-state index in [1.807, 2.05) is 6.07 Å². The number of hydrogen-bond acceptors (Lipinski definition) is 4. The lowest BCUT2D eigenvalue weighted by Crippen LogP contribution is -2.41. The SMILES string of the molecule is O=C(CC1(C(=O)O)CCC1)Nc1cccc(OCC2CCCO2)c1. The summed E-state index contributed by atoms with van der Waals surface area (Å²) >= 11 is 0. The largest absolute Gasteiger partial charge is 0.491 e. The van der Waals surface area contributed by atoms with Gasteiger partial charge in [0.05, 0.1) is 11.5 Å². The van der Waals surface area contributed by atoms with Crippen LogP contribution in [0.4, 0.5) is 5.69 Å². The Bertz CT molecular complexity index is 605. The number of amides is 1. The molecule has 1 aromatic rings. The molecule has 3 rings (SSSR count). The standard InChI is InChI=1S/C18H23NO5/c20-16(11-18(17(21)22)7-3-8-18)19-13-4-1-5-14(10-13)24-12-15-6-2-9-23-15/h1,4-5,10,15H,2-3,6-9,11-12H2,(H,19,20)(H,21,22). The van der Waals surface area contributed by atoms with Gasteiger partial charge in [0, 0.05) is 24.8 Å². The molecule has 6 heteroatoms. The first kappa shape index (κ1) is 16.8. The lowest BCUT2D eigenvalue weighted by Gasteiger charge is -2.36. The van der Waals surface area contributed by atoms with Gasteiger partial charge in [0.15, 0.2) is 0 Å². The summed E-state index contributed by atoms with van der Waals surface area (Å²) in [6, 6.07) is 7.15. The Morgan fingerprint density at radius 1 is 1.33 bits per heavy atom. The van der Waals surface area contributed by atoms with Gasteiger partial charge < -0.3 is 19.9 Å². The second-order valence-corrected chi connectivity index (χ2v) is 6.64. The van der Waals surface area contributed by atoms with Gasteiger partial charge in [-0.2, -0.15) is 0 Å². The smallest absolute Gasteiger partial charge is 0.310 e. The zero-order chi connectivity index (χ0) is 17.0. The molecule has 1 atom stereocenters. The van der Waals surface area contributed by atoms with Crippen LogP contribution in [0.3, 0.4) is 0 Å². The molecule has 1 aliphatic carbocycles. The Balaban J connectivity index is 1.53. The first-order chi connectivity index (χ1) is 11.6. The first-order valence-corrected chi connectivity index (χ1v) is 8.45. The van der Waals surface area contributed by atoms with Crippen molar-refractivity contribution in [2.45, 2.75) is 44.6 Å². The highest BCUT2D eigenvalue weighted by molar-refractivity contribution is 5.94. The zero-order valence-corrected chi connectivity index (χ0v) is 13.6. The van der Waals surface area contributed by atoms with Gasteiger partial charge in [-0.1, -0.05) is 12.5 Å². The van der Waals surface area contributed by atoms with E-state index in [0.29, 0.717) is 30.9 Å². The maximum Gasteiger partial charge on any atom is 0.310 e. The summed E-state index contributed by atoms with van der Waals surface area (Å²) in [5.41, 5.74) is -0.262. The van der Waals surface area contributed by atoms with Gasteiger partial charge >= 0.3 is 5.97 Å². The van der Waals surface area contributed by atoms with Crippen molar-refractivity contribution in [3.63, 3.8) is 0 Å². The van der Waals surface area contributed by atoms with Crippen LogP contribution in [-0.2, 0) is 14.3 Å². The fourth-order valence-electron chi connectivity index (χ4n) is 3.21. The van der Waals surface area contributed by atoms with Crippen LogP contribution in [0.25, 0.3) is 0 Å². The van der Waals surface area contributed by atoms with E-state index < -0.39 is 11.4 Å². The summed E-state index contributed by atoms with van der Waals surface area (Å²) < 4.78 is 11.2. The van der Waals surface area contributed by atoms with Crippen molar-refractivity contribution in [1.29, 1.82) is 0 Å². The lowest BCUT2D eigenvalue weighted by atomic mass is 9.66. The van der Waals surface area contributed by atoms with Crippen LogP contribution in [0.2, 0.25) is 0 Å². The number of nitrogens with one attached hydrogen (secondary N) is 1. The van der Waals surface area contributed by atoms with E-state index in [9.17, 15) is 14.7 Å². The van der Waals surface area contributed by atoms with Crippen LogP contribution in [-0.4, -0.2) is 36.3 Å². The van der Waals surface area contributed by atoms with Gasteiger partial charge in [0.1, 0.15) is 12.4 Å². The normalized spacial score (nSPS) is 21.8. The maximum absolute atomic E-state index is 12.2. The highest BCUT2D eigenvalue weighted by atomic mass is 16.5. The van der Waals surface area contributed by atoms with Crippen LogP contribution in [0, 0.1) is 5.41 Å². The lowest BCUT2D eigenvalue weighted by molar-refractivity contribution is -0.157. The molecule has 1 unspecified atom stereocenters. The van der Waals surface area contributed by atoms with Crippen molar-refractivity contribution < 1.29 is 24.2 Å². The van der Waals surface area contributed by atoms with Gasteiger partial charge in [-0.25, -0.2) is 0 Å². The van der Waals surface area contributed by atoms with E-state index in [2.05, 4.69) is 5.32 Å². The predicted molar refractivity (Wildman–Crippen MR) is 88.1 cm³/mol. The van der Waals surface area contributed by atoms with E-state index in [0.717, 1.165) is 25.9 Å². The third-order valence-electron chi connectivity index (χ3n) is 4.84. The van der Waals surface area contributed by atoms with Crippen molar-refractivity contribution in [3.05, 3.63) is 24.3 Å². The number of anilines is 1. The van der Waals surface area contributed by atoms with Crippen LogP contribution < -0.4 is 10.1 Å². The second-order valence-electron chi connectivity index (χ2n) is 6.64. The quantitative estimate of drug-likeness (QED) is 0.801. The number of rotatable bonds is 7. The van der Waals surface area contributed by atoms with E-state index in [-0.39, 0.29) is 18.4 Å². The average molecular weight is 333 g/mol. The van der Waals surface area contributed by atoms with Gasteiger partial charge in [-0.15, -0.1) is 0 Å². The summed E-state index contributed by atoms with van der Waals surface area (Å²) in [6.07, 6.45) is 4.23. The fourth-order valence-corrected chi connectivity index (χ4v) is 3.21. The third kappa shape index (κ3) is 3.87. The summed E-state index contributed by atoms with van der Waals surface area (Å²) in [6.45, 7) is 1.29. The molecule has 0 spiro atoms. The summed E-state index contributed by atoms with van der Waals surface area (Å²) in [4.78, 5) is 23.5. The van der Waals surface area contributed by atoms with Gasteiger partial charge in [-0.3, -0.25) is 9.59 Å². The monoisotopic (exact) mass is 333 g/mol. The molecule has 24 heavy (non-hydrogen) atoms. The molecule has 1 heterocycles. The Morgan fingerprint density at radius 2 is 2.17 bits per heavy atom. The van der Waals surface area contributed by atoms with Gasteiger partial charge in [0.2, 0.25) is 5.91 Å². The van der Waals surface area contributed by atoms with E-state index in [1.165, 1.54) is 0 Å². The summed E-state index contributed by atoms with van der Waals surface area (Å²) in [5, 5.41) is 12.1. The van der Waals surface area contributed by atoms with E-state index >= 15 is 0 Å². The molecule has 1 saturated heterocycles. The molecule has 2 fully saturated rings. The number of carboxylic acid groups (broad SMARTS) is 1. The molecule has 0 aromatic heterocycles. The molecule has 1 amide bonds. The Hall–Kier alpha value is -2.08. The highest BCUT2D eigenvalue weighted by Gasteiger charge is 2.45. The minimum absolute atomic E-state index is 0.0172. The molecule has 1 aliphatic heterocycles. The predicted octanol–water partition coefficient (Wildman–Crippen LogP) is 2.83. The molecule has 6 nitrogen and oxygen atoms in total. The minimum Gasteiger partial charge on any atom is -0.491 e. The molecule has 1 aromatic carbocycles. The Morgan fingerprint density at radius 3 is 2.79 bits per heavy atom. The van der Waals surface area contributed by atoms with Crippen molar-refractivity contribution in [1.82, 2.24) is 0 Å². The van der Waals surface area contributed by atoms with Crippen LogP contribution in [0.15, 0.2) is 24.3 Å². The number of carbonyl (C=O) groups is 2. The summed E-state index contributed by atoms with van der Waals surface area (Å²) in [5.74, 6) is -0.481. The maximum atomic E-state index is 12.2. The molecular weight excluding hydrogens is 310 g/mol. The van der Waals surface area contributed by atoms with Crippen molar-refractivity contribution >= 4 is 17.6 Å². The molecule has 0 bridgehead atoms. The highest BCUT2D eigenvalue weighted by Crippen LogP contribution is 2.44. The molecule has 2 N–H and O–H groups in total. The number of aliphatic carboxylic acids is 1. The molecule has 0 radical (unpaired) electrons. The number of carbonyl (C=O) groups excluding carboxylic acids is 1. The van der Waals surface area contributed by atoms with Crippen LogP contribution in [0.1, 0.15) is 38.5 Å². The number of benzene rings is 1.